The summed E-state index contributed by atoms with van der Waals surface area (Å²) in [6.45, 7) is 6.55. The second-order valence-electron chi connectivity index (χ2n) is 3.66. The fraction of sp³-hybridized carbons (Fsp3) is 0.700. The van der Waals surface area contributed by atoms with Gasteiger partial charge in [0.15, 0.2) is 0 Å². The zero-order chi connectivity index (χ0) is 9.80. The quantitative estimate of drug-likeness (QED) is 0.769. The number of rotatable bonds is 3. The van der Waals surface area contributed by atoms with E-state index in [0.29, 0.717) is 5.92 Å². The number of aromatic nitrogens is 2. The van der Waals surface area contributed by atoms with Gasteiger partial charge in [-0.25, -0.2) is 0 Å². The van der Waals surface area contributed by atoms with Crippen LogP contribution in [-0.2, 0) is 17.8 Å². The third-order valence-corrected chi connectivity index (χ3v) is 2.53. The van der Waals surface area contributed by atoms with Crippen molar-refractivity contribution < 1.29 is 4.74 Å². The highest BCUT2D eigenvalue weighted by molar-refractivity contribution is 5.01. The van der Waals surface area contributed by atoms with Gasteiger partial charge in [0.05, 0.1) is 12.3 Å². The van der Waals surface area contributed by atoms with Crippen LogP contribution in [0.25, 0.3) is 0 Å². The van der Waals surface area contributed by atoms with Crippen molar-refractivity contribution in [1.82, 2.24) is 15.1 Å². The van der Waals surface area contributed by atoms with Crippen LogP contribution in [0.15, 0.2) is 12.3 Å². The maximum Gasteiger partial charge on any atom is 0.0524 e. The van der Waals surface area contributed by atoms with Crippen molar-refractivity contribution in [1.29, 1.82) is 0 Å². The summed E-state index contributed by atoms with van der Waals surface area (Å²) < 4.78 is 7.51. The smallest absolute Gasteiger partial charge is 0.0524 e. The third kappa shape index (κ3) is 2.13. The summed E-state index contributed by atoms with van der Waals surface area (Å²) in [7, 11) is 0. The summed E-state index contributed by atoms with van der Waals surface area (Å²) in [6, 6.07) is 2.07. The Morgan fingerprint density at radius 2 is 2.64 bits per heavy atom. The van der Waals surface area contributed by atoms with E-state index in [1.54, 1.807) is 0 Å². The van der Waals surface area contributed by atoms with E-state index in [-0.39, 0.29) is 0 Å². The molecule has 1 atom stereocenters. The van der Waals surface area contributed by atoms with E-state index in [9.17, 15) is 0 Å². The SMILES string of the molecule is CCOC[C@H]1CNCc2ccnn2C1. The van der Waals surface area contributed by atoms with Gasteiger partial charge in [-0.2, -0.15) is 5.10 Å². The zero-order valence-corrected chi connectivity index (χ0v) is 8.57. The summed E-state index contributed by atoms with van der Waals surface area (Å²) in [4.78, 5) is 0. The van der Waals surface area contributed by atoms with Gasteiger partial charge >= 0.3 is 0 Å². The standard InChI is InChI=1S/C10H17N3O/c1-2-14-8-9-5-11-6-10-3-4-12-13(10)7-9/h3-4,9,11H,2,5-8H2,1H3/t9-/m0/s1. The normalized spacial score (nSPS) is 21.6. The van der Waals surface area contributed by atoms with Crippen molar-refractivity contribution >= 4 is 0 Å². The lowest BCUT2D eigenvalue weighted by Gasteiger charge is -2.14. The summed E-state index contributed by atoms with van der Waals surface area (Å²) in [5.41, 5.74) is 1.27. The number of hydrogen-bond donors (Lipinski definition) is 1. The van der Waals surface area contributed by atoms with Crippen molar-refractivity contribution in [3.63, 3.8) is 0 Å². The molecule has 0 fully saturated rings. The van der Waals surface area contributed by atoms with Crippen LogP contribution in [0.4, 0.5) is 0 Å². The van der Waals surface area contributed by atoms with Gasteiger partial charge in [-0.15, -0.1) is 0 Å². The van der Waals surface area contributed by atoms with Crippen LogP contribution in [-0.4, -0.2) is 29.5 Å². The average molecular weight is 195 g/mol. The van der Waals surface area contributed by atoms with Gasteiger partial charge in [0, 0.05) is 38.4 Å². The maximum absolute atomic E-state index is 5.44. The second-order valence-corrected chi connectivity index (χ2v) is 3.66. The molecule has 14 heavy (non-hydrogen) atoms. The van der Waals surface area contributed by atoms with E-state index in [0.717, 1.165) is 32.8 Å². The molecule has 0 aromatic carbocycles. The summed E-state index contributed by atoms with van der Waals surface area (Å²) >= 11 is 0. The van der Waals surface area contributed by atoms with Crippen LogP contribution in [0.5, 0.6) is 0 Å². The molecule has 1 aliphatic rings. The molecular formula is C10H17N3O. The second kappa shape index (κ2) is 4.57. The summed E-state index contributed by atoms with van der Waals surface area (Å²) in [5.74, 6) is 0.538. The Labute approximate surface area is 84.3 Å². The highest BCUT2D eigenvalue weighted by Gasteiger charge is 2.15. The van der Waals surface area contributed by atoms with E-state index in [1.807, 2.05) is 13.1 Å². The van der Waals surface area contributed by atoms with Gasteiger partial charge < -0.3 is 10.1 Å². The van der Waals surface area contributed by atoms with Crippen molar-refractivity contribution in [2.45, 2.75) is 20.0 Å². The maximum atomic E-state index is 5.44. The Balaban J connectivity index is 1.97. The van der Waals surface area contributed by atoms with Crippen LogP contribution < -0.4 is 5.32 Å². The molecule has 4 nitrogen and oxygen atoms in total. The highest BCUT2D eigenvalue weighted by Crippen LogP contribution is 2.09. The Kier molecular flexibility index (Phi) is 3.16. The summed E-state index contributed by atoms with van der Waals surface area (Å²) in [5, 5.41) is 7.70. The van der Waals surface area contributed by atoms with Gasteiger partial charge in [0.1, 0.15) is 0 Å². The molecule has 1 aliphatic heterocycles. The van der Waals surface area contributed by atoms with Crippen LogP contribution in [0.3, 0.4) is 0 Å². The fourth-order valence-electron chi connectivity index (χ4n) is 1.78. The highest BCUT2D eigenvalue weighted by atomic mass is 16.5. The first-order chi connectivity index (χ1) is 6.90. The van der Waals surface area contributed by atoms with Crippen LogP contribution in [0.1, 0.15) is 12.6 Å². The Hall–Kier alpha value is -0.870. The molecule has 0 bridgehead atoms. The molecule has 0 aliphatic carbocycles. The lowest BCUT2D eigenvalue weighted by Crippen LogP contribution is -2.25. The Morgan fingerprint density at radius 3 is 3.50 bits per heavy atom. The van der Waals surface area contributed by atoms with Gasteiger partial charge in [-0.1, -0.05) is 0 Å². The average Bonchev–Trinajstić information content (AvgIpc) is 2.54. The van der Waals surface area contributed by atoms with Crippen molar-refractivity contribution in [3.05, 3.63) is 18.0 Å². The van der Waals surface area contributed by atoms with Crippen molar-refractivity contribution in [3.8, 4) is 0 Å². The first kappa shape index (κ1) is 9.68. The minimum absolute atomic E-state index is 0.538. The minimum Gasteiger partial charge on any atom is -0.381 e. The predicted molar refractivity (Wildman–Crippen MR) is 53.9 cm³/mol. The molecule has 2 heterocycles. The minimum atomic E-state index is 0.538. The predicted octanol–water partition coefficient (Wildman–Crippen LogP) is 0.639. The molecule has 0 amide bonds. The number of hydrogen-bond acceptors (Lipinski definition) is 3. The first-order valence-electron chi connectivity index (χ1n) is 5.19. The van der Waals surface area contributed by atoms with Crippen LogP contribution in [0, 0.1) is 5.92 Å². The number of ether oxygens (including phenoxy) is 1. The molecule has 2 rings (SSSR count). The topological polar surface area (TPSA) is 39.1 Å². The Bertz CT molecular complexity index is 285. The molecule has 0 saturated heterocycles. The van der Waals surface area contributed by atoms with E-state index in [2.05, 4.69) is 21.2 Å². The molecular weight excluding hydrogens is 178 g/mol. The molecule has 0 radical (unpaired) electrons. The van der Waals surface area contributed by atoms with E-state index in [1.165, 1.54) is 5.69 Å². The van der Waals surface area contributed by atoms with Crippen molar-refractivity contribution in [2.75, 3.05) is 19.8 Å². The summed E-state index contributed by atoms with van der Waals surface area (Å²) in [6.07, 6.45) is 1.86. The van der Waals surface area contributed by atoms with Crippen LogP contribution in [0.2, 0.25) is 0 Å². The molecule has 4 heteroatoms. The number of nitrogens with zero attached hydrogens (tertiary/aromatic N) is 2. The zero-order valence-electron chi connectivity index (χ0n) is 8.57. The van der Waals surface area contributed by atoms with Gasteiger partial charge in [-0.05, 0) is 13.0 Å². The molecule has 0 spiro atoms. The van der Waals surface area contributed by atoms with Gasteiger partial charge in [-0.3, -0.25) is 4.68 Å². The van der Waals surface area contributed by atoms with E-state index >= 15 is 0 Å². The third-order valence-electron chi connectivity index (χ3n) is 2.53. The Morgan fingerprint density at radius 1 is 1.71 bits per heavy atom. The fourth-order valence-corrected chi connectivity index (χ4v) is 1.78. The molecule has 0 saturated carbocycles. The first-order valence-corrected chi connectivity index (χ1v) is 5.19. The molecule has 1 aromatic heterocycles. The molecule has 0 unspecified atom stereocenters. The monoisotopic (exact) mass is 195 g/mol. The lowest BCUT2D eigenvalue weighted by atomic mass is 10.1. The molecule has 1 N–H and O–H groups in total. The molecule has 1 aromatic rings. The molecule has 78 valence electrons. The lowest BCUT2D eigenvalue weighted by molar-refractivity contribution is 0.103. The number of nitrogens with one attached hydrogen (secondary N) is 1. The van der Waals surface area contributed by atoms with Crippen molar-refractivity contribution in [2.24, 2.45) is 5.92 Å². The van der Waals surface area contributed by atoms with Crippen LogP contribution >= 0.6 is 0 Å². The number of fused-ring (bicyclic) bond motifs is 1. The van der Waals surface area contributed by atoms with E-state index in [4.69, 9.17) is 4.74 Å². The van der Waals surface area contributed by atoms with E-state index < -0.39 is 0 Å². The van der Waals surface area contributed by atoms with Gasteiger partial charge in [0.2, 0.25) is 0 Å². The van der Waals surface area contributed by atoms with Gasteiger partial charge in [0.25, 0.3) is 0 Å². The largest absolute Gasteiger partial charge is 0.381 e.